The highest BCUT2D eigenvalue weighted by Gasteiger charge is 2.20. The van der Waals surface area contributed by atoms with E-state index in [1.54, 1.807) is 29.3 Å². The first kappa shape index (κ1) is 12.1. The van der Waals surface area contributed by atoms with Crippen molar-refractivity contribution in [1.82, 2.24) is 15.2 Å². The number of hydrogen-bond donors (Lipinski definition) is 2. The lowest BCUT2D eigenvalue weighted by Gasteiger charge is -2.17. The van der Waals surface area contributed by atoms with Gasteiger partial charge in [0.25, 0.3) is 0 Å². The quantitative estimate of drug-likeness (QED) is 0.620. The zero-order chi connectivity index (χ0) is 12.3. The number of nitrogens with one attached hydrogen (secondary N) is 1. The molecule has 5 nitrogen and oxygen atoms in total. The van der Waals surface area contributed by atoms with E-state index in [1.807, 2.05) is 7.05 Å². The maximum Gasteiger partial charge on any atom is 0.161 e. The smallest absolute Gasteiger partial charge is 0.161 e. The lowest BCUT2D eigenvalue weighted by atomic mass is 10.1. The predicted molar refractivity (Wildman–Crippen MR) is 67.8 cm³/mol. The molecule has 1 atom stereocenters. The zero-order valence-electron chi connectivity index (χ0n) is 9.88. The molecule has 0 amide bonds. The van der Waals surface area contributed by atoms with Crippen LogP contribution in [0.15, 0.2) is 23.0 Å². The molecule has 2 rings (SSSR count). The Labute approximate surface area is 104 Å². The average molecular weight is 252 g/mol. The monoisotopic (exact) mass is 252 g/mol. The number of hydrazine groups is 1. The molecule has 0 aliphatic rings. The highest BCUT2D eigenvalue weighted by molar-refractivity contribution is 7.07. The Morgan fingerprint density at radius 3 is 3.06 bits per heavy atom. The number of aryl methyl sites for hydroxylation is 1. The third-order valence-electron chi connectivity index (χ3n) is 2.72. The van der Waals surface area contributed by atoms with Crippen LogP contribution in [0, 0.1) is 0 Å². The fourth-order valence-corrected chi connectivity index (χ4v) is 2.54. The number of aromatic nitrogens is 2. The maximum absolute atomic E-state index is 5.63. The SMILES string of the molecule is COc1cnn(C)c1C(Cc1ccsc1)NN. The Kier molecular flexibility index (Phi) is 3.78. The summed E-state index contributed by atoms with van der Waals surface area (Å²) in [5.41, 5.74) is 5.03. The molecule has 6 heteroatoms. The van der Waals surface area contributed by atoms with E-state index in [0.29, 0.717) is 0 Å². The second-order valence-corrected chi connectivity index (χ2v) is 4.56. The lowest BCUT2D eigenvalue weighted by molar-refractivity contribution is 0.394. The topological polar surface area (TPSA) is 65.1 Å². The van der Waals surface area contributed by atoms with E-state index in [0.717, 1.165) is 17.9 Å². The van der Waals surface area contributed by atoms with Gasteiger partial charge in [-0.15, -0.1) is 0 Å². The van der Waals surface area contributed by atoms with Crippen LogP contribution in [0.2, 0.25) is 0 Å². The van der Waals surface area contributed by atoms with Gasteiger partial charge in [0.2, 0.25) is 0 Å². The standard InChI is InChI=1S/C11H16N4OS/c1-15-11(10(16-2)6-13-15)9(14-12)5-8-3-4-17-7-8/h3-4,6-7,9,14H,5,12H2,1-2H3. The fraction of sp³-hybridized carbons (Fsp3) is 0.364. The molecule has 2 aromatic rings. The van der Waals surface area contributed by atoms with Crippen LogP contribution in [0.5, 0.6) is 5.75 Å². The molecular weight excluding hydrogens is 236 g/mol. The number of nitrogens with two attached hydrogens (primary N) is 1. The van der Waals surface area contributed by atoms with Crippen molar-refractivity contribution in [3.05, 3.63) is 34.3 Å². The molecule has 0 aliphatic carbocycles. The van der Waals surface area contributed by atoms with Gasteiger partial charge in [0.1, 0.15) is 0 Å². The minimum absolute atomic E-state index is 0.00736. The molecule has 92 valence electrons. The van der Waals surface area contributed by atoms with Crippen LogP contribution in [-0.4, -0.2) is 16.9 Å². The van der Waals surface area contributed by atoms with E-state index >= 15 is 0 Å². The summed E-state index contributed by atoms with van der Waals surface area (Å²) < 4.78 is 7.08. The first-order valence-electron chi connectivity index (χ1n) is 5.29. The second-order valence-electron chi connectivity index (χ2n) is 3.78. The number of hydrogen-bond acceptors (Lipinski definition) is 5. The van der Waals surface area contributed by atoms with Gasteiger partial charge in [0.15, 0.2) is 5.75 Å². The van der Waals surface area contributed by atoms with Gasteiger partial charge in [0, 0.05) is 7.05 Å². The molecular formula is C11H16N4OS. The first-order chi connectivity index (χ1) is 8.26. The molecule has 0 spiro atoms. The predicted octanol–water partition coefficient (Wildman–Crippen LogP) is 1.24. The first-order valence-corrected chi connectivity index (χ1v) is 6.23. The molecule has 2 aromatic heterocycles. The van der Waals surface area contributed by atoms with E-state index in [1.165, 1.54) is 5.56 Å². The van der Waals surface area contributed by atoms with Gasteiger partial charge in [-0.25, -0.2) is 0 Å². The van der Waals surface area contributed by atoms with Crippen LogP contribution < -0.4 is 16.0 Å². The Hall–Kier alpha value is -1.37. The molecule has 17 heavy (non-hydrogen) atoms. The average Bonchev–Trinajstić information content (AvgIpc) is 2.95. The van der Waals surface area contributed by atoms with Gasteiger partial charge in [-0.1, -0.05) is 0 Å². The van der Waals surface area contributed by atoms with Crippen LogP contribution in [0.25, 0.3) is 0 Å². The summed E-state index contributed by atoms with van der Waals surface area (Å²) in [5.74, 6) is 6.39. The highest BCUT2D eigenvalue weighted by atomic mass is 32.1. The summed E-state index contributed by atoms with van der Waals surface area (Å²) in [6, 6.07) is 2.09. The number of rotatable bonds is 5. The zero-order valence-corrected chi connectivity index (χ0v) is 10.7. The van der Waals surface area contributed by atoms with Gasteiger partial charge in [-0.05, 0) is 28.8 Å². The lowest BCUT2D eigenvalue weighted by Crippen LogP contribution is -2.31. The van der Waals surface area contributed by atoms with Crippen molar-refractivity contribution in [3.8, 4) is 5.75 Å². The van der Waals surface area contributed by atoms with Crippen molar-refractivity contribution in [2.45, 2.75) is 12.5 Å². The van der Waals surface area contributed by atoms with Gasteiger partial charge >= 0.3 is 0 Å². The van der Waals surface area contributed by atoms with Crippen LogP contribution in [0.1, 0.15) is 17.3 Å². The molecule has 0 fully saturated rings. The summed E-state index contributed by atoms with van der Waals surface area (Å²) in [5, 5.41) is 8.36. The Balaban J connectivity index is 2.25. The molecule has 0 radical (unpaired) electrons. The molecule has 3 N–H and O–H groups in total. The molecule has 0 saturated carbocycles. The normalized spacial score (nSPS) is 12.6. The molecule has 0 aromatic carbocycles. The summed E-state index contributed by atoms with van der Waals surface area (Å²) >= 11 is 1.68. The van der Waals surface area contributed by atoms with Crippen molar-refractivity contribution < 1.29 is 4.74 Å². The number of ether oxygens (including phenoxy) is 1. The molecule has 0 saturated heterocycles. The van der Waals surface area contributed by atoms with Crippen LogP contribution in [0.4, 0.5) is 0 Å². The number of methoxy groups -OCH3 is 1. The minimum Gasteiger partial charge on any atom is -0.493 e. The van der Waals surface area contributed by atoms with Gasteiger partial charge in [0.05, 0.1) is 25.0 Å². The van der Waals surface area contributed by atoms with Crippen molar-refractivity contribution in [1.29, 1.82) is 0 Å². The van der Waals surface area contributed by atoms with Gasteiger partial charge < -0.3 is 4.74 Å². The van der Waals surface area contributed by atoms with Gasteiger partial charge in [-0.2, -0.15) is 16.4 Å². The van der Waals surface area contributed by atoms with Crippen molar-refractivity contribution in [2.24, 2.45) is 12.9 Å². The largest absolute Gasteiger partial charge is 0.493 e. The third kappa shape index (κ3) is 2.49. The minimum atomic E-state index is -0.00736. The number of thiophene rings is 1. The third-order valence-corrected chi connectivity index (χ3v) is 3.45. The molecule has 0 aliphatic heterocycles. The second kappa shape index (κ2) is 5.31. The van der Waals surface area contributed by atoms with Crippen LogP contribution >= 0.6 is 11.3 Å². The molecule has 0 bridgehead atoms. The molecule has 2 heterocycles. The van der Waals surface area contributed by atoms with Crippen LogP contribution in [0.3, 0.4) is 0 Å². The maximum atomic E-state index is 5.63. The number of nitrogens with zero attached hydrogens (tertiary/aromatic N) is 2. The Bertz CT molecular complexity index is 466. The summed E-state index contributed by atoms with van der Waals surface area (Å²) in [6.45, 7) is 0. The van der Waals surface area contributed by atoms with E-state index in [4.69, 9.17) is 10.6 Å². The summed E-state index contributed by atoms with van der Waals surface area (Å²) in [4.78, 5) is 0. The van der Waals surface area contributed by atoms with Crippen molar-refractivity contribution in [2.75, 3.05) is 7.11 Å². The van der Waals surface area contributed by atoms with Crippen LogP contribution in [-0.2, 0) is 13.5 Å². The van der Waals surface area contributed by atoms with Crippen molar-refractivity contribution in [3.63, 3.8) is 0 Å². The summed E-state index contributed by atoms with van der Waals surface area (Å²) in [6.07, 6.45) is 2.52. The molecule has 1 unspecified atom stereocenters. The summed E-state index contributed by atoms with van der Waals surface area (Å²) in [7, 11) is 3.52. The van der Waals surface area contributed by atoms with E-state index < -0.39 is 0 Å². The van der Waals surface area contributed by atoms with E-state index in [-0.39, 0.29) is 6.04 Å². The Morgan fingerprint density at radius 2 is 2.47 bits per heavy atom. The van der Waals surface area contributed by atoms with E-state index in [2.05, 4.69) is 27.4 Å². The fourth-order valence-electron chi connectivity index (χ4n) is 1.86. The highest BCUT2D eigenvalue weighted by Crippen LogP contribution is 2.26. The van der Waals surface area contributed by atoms with E-state index in [9.17, 15) is 0 Å². The van der Waals surface area contributed by atoms with Crippen molar-refractivity contribution >= 4 is 11.3 Å². The Morgan fingerprint density at radius 1 is 1.65 bits per heavy atom. The van der Waals surface area contributed by atoms with Gasteiger partial charge in [-0.3, -0.25) is 16.0 Å².